The highest BCUT2D eigenvalue weighted by molar-refractivity contribution is 6.35. The van der Waals surface area contributed by atoms with E-state index >= 15 is 0 Å². The molecule has 1 rings (SSSR count). The lowest BCUT2D eigenvalue weighted by Gasteiger charge is -2.16. The molecule has 0 heterocycles. The van der Waals surface area contributed by atoms with Crippen molar-refractivity contribution in [3.8, 4) is 11.8 Å². The number of hydrogen-bond acceptors (Lipinski definition) is 3. The first-order chi connectivity index (χ1) is 8.29. The Morgan fingerprint density at radius 1 is 1.17 bits per heavy atom. The Balaban J connectivity index is 2.78. The quantitative estimate of drug-likeness (QED) is 0.258. The van der Waals surface area contributed by atoms with Crippen LogP contribution in [0.5, 0.6) is 0 Å². The molecule has 1 aromatic rings. The van der Waals surface area contributed by atoms with E-state index < -0.39 is 17.4 Å². The number of benzene rings is 1. The van der Waals surface area contributed by atoms with Gasteiger partial charge in [0.2, 0.25) is 5.78 Å². The second-order valence-corrected chi connectivity index (χ2v) is 4.97. The normalized spacial score (nSPS) is 10.2. The van der Waals surface area contributed by atoms with E-state index in [9.17, 15) is 9.59 Å². The lowest BCUT2D eigenvalue weighted by atomic mass is 10.1. The molecule has 0 amide bonds. The van der Waals surface area contributed by atoms with Gasteiger partial charge in [0.25, 0.3) is 0 Å². The fourth-order valence-electron chi connectivity index (χ4n) is 1.12. The number of halogens is 1. The van der Waals surface area contributed by atoms with Crippen LogP contribution in [0.25, 0.3) is 0 Å². The molecule has 18 heavy (non-hydrogen) atoms. The van der Waals surface area contributed by atoms with Crippen LogP contribution in [0.4, 0.5) is 0 Å². The van der Waals surface area contributed by atoms with Crippen LogP contribution in [-0.4, -0.2) is 17.4 Å². The van der Waals surface area contributed by atoms with E-state index in [0.717, 1.165) is 0 Å². The molecule has 0 saturated carbocycles. The monoisotopic (exact) mass is 264 g/mol. The second kappa shape index (κ2) is 5.70. The van der Waals surface area contributed by atoms with Crippen molar-refractivity contribution in [3.63, 3.8) is 0 Å². The zero-order valence-electron chi connectivity index (χ0n) is 10.4. The Kier molecular flexibility index (Phi) is 4.52. The minimum Gasteiger partial charge on any atom is -0.450 e. The SMILES string of the molecule is CC(C)(C)OC(=O)C#CC(=O)c1ccccc1Cl. The lowest BCUT2D eigenvalue weighted by Crippen LogP contribution is -2.22. The van der Waals surface area contributed by atoms with E-state index in [1.54, 1.807) is 45.0 Å². The summed E-state index contributed by atoms with van der Waals surface area (Å²) in [5, 5.41) is 0.306. The molecule has 0 atom stereocenters. The van der Waals surface area contributed by atoms with Crippen molar-refractivity contribution in [2.45, 2.75) is 26.4 Å². The Labute approximate surface area is 111 Å². The van der Waals surface area contributed by atoms with Crippen molar-refractivity contribution >= 4 is 23.4 Å². The van der Waals surface area contributed by atoms with Gasteiger partial charge in [0.15, 0.2) is 0 Å². The molecular weight excluding hydrogens is 252 g/mol. The molecule has 0 aliphatic heterocycles. The predicted molar refractivity (Wildman–Crippen MR) is 69.4 cm³/mol. The summed E-state index contributed by atoms with van der Waals surface area (Å²) in [6.45, 7) is 5.17. The average molecular weight is 265 g/mol. The summed E-state index contributed by atoms with van der Waals surface area (Å²) in [6.07, 6.45) is 0. The van der Waals surface area contributed by atoms with Gasteiger partial charge in [-0.3, -0.25) is 4.79 Å². The zero-order chi connectivity index (χ0) is 13.8. The molecule has 0 radical (unpaired) electrons. The van der Waals surface area contributed by atoms with Gasteiger partial charge in [-0.1, -0.05) is 23.7 Å². The minimum absolute atomic E-state index is 0.273. The highest BCUT2D eigenvalue weighted by Crippen LogP contribution is 2.14. The topological polar surface area (TPSA) is 43.4 Å². The summed E-state index contributed by atoms with van der Waals surface area (Å²) in [5.41, 5.74) is -0.352. The maximum atomic E-state index is 11.7. The van der Waals surface area contributed by atoms with Gasteiger partial charge >= 0.3 is 5.97 Å². The van der Waals surface area contributed by atoms with Gasteiger partial charge in [0.1, 0.15) is 5.60 Å². The van der Waals surface area contributed by atoms with E-state index in [1.807, 2.05) is 0 Å². The second-order valence-electron chi connectivity index (χ2n) is 4.56. The van der Waals surface area contributed by atoms with Gasteiger partial charge in [-0.25, -0.2) is 4.79 Å². The van der Waals surface area contributed by atoms with Gasteiger partial charge < -0.3 is 4.74 Å². The summed E-state index contributed by atoms with van der Waals surface area (Å²) in [5.74, 6) is 3.12. The first-order valence-electron chi connectivity index (χ1n) is 5.33. The Morgan fingerprint density at radius 3 is 2.33 bits per heavy atom. The molecule has 0 saturated heterocycles. The molecule has 0 aliphatic rings. The molecule has 94 valence electrons. The molecule has 4 heteroatoms. The number of ether oxygens (including phenoxy) is 1. The standard InChI is InChI=1S/C14H13ClO3/c1-14(2,3)18-13(17)9-8-12(16)10-6-4-5-7-11(10)15/h4-7H,1-3H3. The van der Waals surface area contributed by atoms with Gasteiger partial charge in [0.05, 0.1) is 5.02 Å². The molecule has 0 unspecified atom stereocenters. The molecule has 0 aromatic heterocycles. The first kappa shape index (κ1) is 14.3. The van der Waals surface area contributed by atoms with Gasteiger partial charge in [0, 0.05) is 11.5 Å². The van der Waals surface area contributed by atoms with Crippen molar-refractivity contribution in [3.05, 3.63) is 34.9 Å². The number of esters is 1. The summed E-state index contributed by atoms with van der Waals surface area (Å²) in [7, 11) is 0. The van der Waals surface area contributed by atoms with E-state index in [-0.39, 0.29) is 5.56 Å². The van der Waals surface area contributed by atoms with Crippen molar-refractivity contribution in [2.24, 2.45) is 0 Å². The average Bonchev–Trinajstić information content (AvgIpc) is 2.24. The van der Waals surface area contributed by atoms with Crippen LogP contribution < -0.4 is 0 Å². The number of carbonyl (C=O) groups is 2. The third kappa shape index (κ3) is 4.60. The number of carbonyl (C=O) groups excluding carboxylic acids is 2. The highest BCUT2D eigenvalue weighted by atomic mass is 35.5. The Morgan fingerprint density at radius 2 is 1.78 bits per heavy atom. The molecule has 0 spiro atoms. The number of hydrogen-bond donors (Lipinski definition) is 0. The molecule has 0 aliphatic carbocycles. The summed E-state index contributed by atoms with van der Waals surface area (Å²) in [6, 6.07) is 6.52. The summed E-state index contributed by atoms with van der Waals surface area (Å²) < 4.78 is 4.96. The Bertz CT molecular complexity index is 530. The van der Waals surface area contributed by atoms with Gasteiger partial charge in [-0.15, -0.1) is 0 Å². The van der Waals surface area contributed by atoms with Gasteiger partial charge in [-0.05, 0) is 38.8 Å². The van der Waals surface area contributed by atoms with E-state index in [0.29, 0.717) is 5.02 Å². The fraction of sp³-hybridized carbons (Fsp3) is 0.286. The molecule has 1 aromatic carbocycles. The van der Waals surface area contributed by atoms with Crippen LogP contribution in [0.15, 0.2) is 24.3 Å². The largest absolute Gasteiger partial charge is 0.450 e. The van der Waals surface area contributed by atoms with Crippen LogP contribution in [0.3, 0.4) is 0 Å². The summed E-state index contributed by atoms with van der Waals surface area (Å²) >= 11 is 5.84. The molecule has 3 nitrogen and oxygen atoms in total. The zero-order valence-corrected chi connectivity index (χ0v) is 11.2. The van der Waals surface area contributed by atoms with Crippen molar-refractivity contribution in [2.75, 3.05) is 0 Å². The van der Waals surface area contributed by atoms with E-state index in [1.165, 1.54) is 0 Å². The van der Waals surface area contributed by atoms with E-state index in [2.05, 4.69) is 11.8 Å². The fourth-order valence-corrected chi connectivity index (χ4v) is 1.35. The van der Waals surface area contributed by atoms with Crippen LogP contribution in [0.2, 0.25) is 5.02 Å². The minimum atomic E-state index is -0.733. The van der Waals surface area contributed by atoms with Crippen LogP contribution >= 0.6 is 11.6 Å². The predicted octanol–water partition coefficient (Wildman–Crippen LogP) is 2.87. The maximum absolute atomic E-state index is 11.7. The van der Waals surface area contributed by atoms with Crippen molar-refractivity contribution in [1.82, 2.24) is 0 Å². The number of ketones is 1. The van der Waals surface area contributed by atoms with Crippen LogP contribution in [-0.2, 0) is 9.53 Å². The van der Waals surface area contributed by atoms with E-state index in [4.69, 9.17) is 16.3 Å². The molecule has 0 fully saturated rings. The van der Waals surface area contributed by atoms with Crippen LogP contribution in [0, 0.1) is 11.8 Å². The van der Waals surface area contributed by atoms with Gasteiger partial charge in [-0.2, -0.15) is 0 Å². The highest BCUT2D eigenvalue weighted by Gasteiger charge is 2.14. The smallest absolute Gasteiger partial charge is 0.385 e. The summed E-state index contributed by atoms with van der Waals surface area (Å²) in [4.78, 5) is 23.0. The van der Waals surface area contributed by atoms with Crippen LogP contribution in [0.1, 0.15) is 31.1 Å². The maximum Gasteiger partial charge on any atom is 0.385 e. The van der Waals surface area contributed by atoms with Crippen molar-refractivity contribution < 1.29 is 14.3 Å². The molecule has 0 bridgehead atoms. The van der Waals surface area contributed by atoms with Crippen molar-refractivity contribution in [1.29, 1.82) is 0 Å². The number of rotatable bonds is 1. The Hall–Kier alpha value is -1.79. The number of Topliss-reactive ketones (excluding diaryl/α,β-unsaturated/α-hetero) is 1. The molecular formula is C14H13ClO3. The first-order valence-corrected chi connectivity index (χ1v) is 5.71. The molecule has 0 N–H and O–H groups in total. The lowest BCUT2D eigenvalue weighted by molar-refractivity contribution is -0.147. The third-order valence-corrected chi connectivity index (χ3v) is 2.13. The third-order valence-electron chi connectivity index (χ3n) is 1.80.